The molecule has 2 aromatic rings. The van der Waals surface area contributed by atoms with Crippen LogP contribution in [0.2, 0.25) is 0 Å². The van der Waals surface area contributed by atoms with E-state index in [4.69, 9.17) is 0 Å². The number of aromatic nitrogens is 3. The predicted molar refractivity (Wildman–Crippen MR) is 75.8 cm³/mol. The number of fused-ring (bicyclic) bond motifs is 1. The summed E-state index contributed by atoms with van der Waals surface area (Å²) < 4.78 is 1.81. The maximum absolute atomic E-state index is 4.19. The van der Waals surface area contributed by atoms with Gasteiger partial charge in [-0.2, -0.15) is 0 Å². The molecule has 5 heteroatoms. The molecule has 1 N–H and O–H groups in total. The van der Waals surface area contributed by atoms with Crippen LogP contribution in [0, 0.1) is 0 Å². The highest BCUT2D eigenvalue weighted by Gasteiger charge is 2.22. The Labute approximate surface area is 113 Å². The lowest BCUT2D eigenvalue weighted by atomic mass is 10.1. The zero-order valence-corrected chi connectivity index (χ0v) is 11.8. The lowest BCUT2D eigenvalue weighted by Gasteiger charge is -2.37. The summed E-state index contributed by atoms with van der Waals surface area (Å²) in [5.74, 6) is 0. The van der Waals surface area contributed by atoms with E-state index in [2.05, 4.69) is 52.6 Å². The molecule has 1 aromatic carbocycles. The molecule has 102 valence electrons. The topological polar surface area (TPSA) is 46.0 Å². The highest BCUT2D eigenvalue weighted by atomic mass is 15.4. The summed E-state index contributed by atoms with van der Waals surface area (Å²) in [5.41, 5.74) is 3.38. The number of benzene rings is 1. The fraction of sp³-hybridized carbons (Fsp3) is 0.571. The van der Waals surface area contributed by atoms with Crippen LogP contribution in [0.5, 0.6) is 0 Å². The maximum atomic E-state index is 4.19. The first-order valence-electron chi connectivity index (χ1n) is 6.89. The van der Waals surface area contributed by atoms with Gasteiger partial charge in [-0.25, -0.2) is 4.68 Å². The molecule has 0 spiro atoms. The number of rotatable bonds is 2. The van der Waals surface area contributed by atoms with E-state index in [0.717, 1.165) is 30.7 Å². The highest BCUT2D eigenvalue weighted by molar-refractivity contribution is 5.74. The second-order valence-electron chi connectivity index (χ2n) is 5.62. The fourth-order valence-corrected chi connectivity index (χ4v) is 2.74. The van der Waals surface area contributed by atoms with E-state index in [-0.39, 0.29) is 0 Å². The summed E-state index contributed by atoms with van der Waals surface area (Å²) in [6, 6.07) is 7.60. The zero-order chi connectivity index (χ0) is 13.4. The number of hydrogen-bond donors (Lipinski definition) is 1. The molecule has 5 nitrogen and oxygen atoms in total. The van der Waals surface area contributed by atoms with Crippen LogP contribution in [0.25, 0.3) is 11.0 Å². The van der Waals surface area contributed by atoms with E-state index in [1.807, 2.05) is 11.7 Å². The fourth-order valence-electron chi connectivity index (χ4n) is 2.74. The molecule has 1 aliphatic rings. The minimum absolute atomic E-state index is 0.566. The maximum Gasteiger partial charge on any atom is 0.113 e. The highest BCUT2D eigenvalue weighted by Crippen LogP contribution is 2.16. The van der Waals surface area contributed by atoms with Crippen LogP contribution in [-0.4, -0.2) is 45.1 Å². The summed E-state index contributed by atoms with van der Waals surface area (Å²) in [7, 11) is 1.93. The Balaban J connectivity index is 1.80. The molecule has 0 aliphatic carbocycles. The third kappa shape index (κ3) is 2.48. The van der Waals surface area contributed by atoms with Crippen molar-refractivity contribution in [2.45, 2.75) is 32.5 Å². The predicted octanol–water partition coefficient (Wildman–Crippen LogP) is 1.15. The number of hydrogen-bond acceptors (Lipinski definition) is 4. The van der Waals surface area contributed by atoms with Crippen molar-refractivity contribution in [3.63, 3.8) is 0 Å². The first-order valence-corrected chi connectivity index (χ1v) is 6.89. The van der Waals surface area contributed by atoms with Crippen LogP contribution in [0.1, 0.15) is 19.4 Å². The molecule has 0 amide bonds. The van der Waals surface area contributed by atoms with E-state index >= 15 is 0 Å². The molecular formula is C14H21N5. The number of piperazine rings is 1. The second kappa shape index (κ2) is 4.90. The quantitative estimate of drug-likeness (QED) is 0.879. The van der Waals surface area contributed by atoms with Gasteiger partial charge in [0.1, 0.15) is 5.52 Å². The van der Waals surface area contributed by atoms with Gasteiger partial charge >= 0.3 is 0 Å². The van der Waals surface area contributed by atoms with Crippen molar-refractivity contribution in [2.75, 3.05) is 13.1 Å². The van der Waals surface area contributed by atoms with Crippen LogP contribution < -0.4 is 5.32 Å². The minimum Gasteiger partial charge on any atom is -0.311 e. The van der Waals surface area contributed by atoms with Gasteiger partial charge in [-0.1, -0.05) is 11.3 Å². The Bertz CT molecular complexity index is 576. The van der Waals surface area contributed by atoms with E-state index in [1.54, 1.807) is 0 Å². The van der Waals surface area contributed by atoms with Crippen LogP contribution >= 0.6 is 0 Å². The third-order valence-electron chi connectivity index (χ3n) is 3.95. The minimum atomic E-state index is 0.566. The van der Waals surface area contributed by atoms with Crippen molar-refractivity contribution in [3.8, 4) is 0 Å². The SMILES string of the molecule is CC1CN(Cc2ccc3c(c2)nnn3C)C(C)CN1. The molecule has 1 saturated heterocycles. The molecule has 3 rings (SSSR count). The van der Waals surface area contributed by atoms with Crippen LogP contribution in [0.3, 0.4) is 0 Å². The van der Waals surface area contributed by atoms with Crippen molar-refractivity contribution >= 4 is 11.0 Å². The molecule has 1 aliphatic heterocycles. The first kappa shape index (κ1) is 12.6. The van der Waals surface area contributed by atoms with Crippen molar-refractivity contribution in [3.05, 3.63) is 23.8 Å². The van der Waals surface area contributed by atoms with Gasteiger partial charge in [0, 0.05) is 38.8 Å². The van der Waals surface area contributed by atoms with E-state index in [1.165, 1.54) is 5.56 Å². The molecule has 19 heavy (non-hydrogen) atoms. The van der Waals surface area contributed by atoms with Crippen molar-refractivity contribution in [2.24, 2.45) is 7.05 Å². The van der Waals surface area contributed by atoms with Crippen molar-refractivity contribution in [1.82, 2.24) is 25.2 Å². The summed E-state index contributed by atoms with van der Waals surface area (Å²) in [6.07, 6.45) is 0. The number of nitrogens with zero attached hydrogens (tertiary/aromatic N) is 4. The third-order valence-corrected chi connectivity index (χ3v) is 3.95. The molecule has 0 bridgehead atoms. The molecule has 1 fully saturated rings. The van der Waals surface area contributed by atoms with E-state index < -0.39 is 0 Å². The number of aryl methyl sites for hydroxylation is 1. The zero-order valence-electron chi connectivity index (χ0n) is 11.8. The number of nitrogens with one attached hydrogen (secondary N) is 1. The van der Waals surface area contributed by atoms with Gasteiger partial charge in [0.15, 0.2) is 0 Å². The first-order chi connectivity index (χ1) is 9.13. The Morgan fingerprint density at radius 2 is 2.21 bits per heavy atom. The van der Waals surface area contributed by atoms with Gasteiger partial charge < -0.3 is 5.32 Å². The van der Waals surface area contributed by atoms with Crippen LogP contribution in [0.4, 0.5) is 0 Å². The molecule has 2 unspecified atom stereocenters. The largest absolute Gasteiger partial charge is 0.311 e. The van der Waals surface area contributed by atoms with Crippen molar-refractivity contribution < 1.29 is 0 Å². The van der Waals surface area contributed by atoms with Gasteiger partial charge in [0.25, 0.3) is 0 Å². The van der Waals surface area contributed by atoms with Gasteiger partial charge in [0.2, 0.25) is 0 Å². The van der Waals surface area contributed by atoms with Gasteiger partial charge in [-0.05, 0) is 31.5 Å². The Kier molecular flexibility index (Phi) is 3.24. The molecule has 0 radical (unpaired) electrons. The molecule has 0 saturated carbocycles. The molecule has 2 heterocycles. The second-order valence-corrected chi connectivity index (χ2v) is 5.62. The smallest absolute Gasteiger partial charge is 0.113 e. The van der Waals surface area contributed by atoms with Crippen molar-refractivity contribution in [1.29, 1.82) is 0 Å². The average Bonchev–Trinajstić information content (AvgIpc) is 2.75. The van der Waals surface area contributed by atoms with Gasteiger partial charge in [-0.15, -0.1) is 5.10 Å². The Morgan fingerprint density at radius 3 is 3.05 bits per heavy atom. The normalized spacial score (nSPS) is 25.0. The lowest BCUT2D eigenvalue weighted by Crippen LogP contribution is -2.53. The summed E-state index contributed by atoms with van der Waals surface area (Å²) >= 11 is 0. The molecular weight excluding hydrogens is 238 g/mol. The van der Waals surface area contributed by atoms with Crippen LogP contribution in [-0.2, 0) is 13.6 Å². The lowest BCUT2D eigenvalue weighted by molar-refractivity contribution is 0.139. The summed E-state index contributed by atoms with van der Waals surface area (Å²) in [5, 5.41) is 11.8. The van der Waals surface area contributed by atoms with Gasteiger partial charge in [0.05, 0.1) is 5.52 Å². The summed E-state index contributed by atoms with van der Waals surface area (Å²) in [6.45, 7) is 7.67. The van der Waals surface area contributed by atoms with Crippen LogP contribution in [0.15, 0.2) is 18.2 Å². The molecule has 1 aromatic heterocycles. The Hall–Kier alpha value is -1.46. The van der Waals surface area contributed by atoms with E-state index in [0.29, 0.717) is 12.1 Å². The average molecular weight is 259 g/mol. The monoisotopic (exact) mass is 259 g/mol. The summed E-state index contributed by atoms with van der Waals surface area (Å²) in [4.78, 5) is 2.53. The Morgan fingerprint density at radius 1 is 1.37 bits per heavy atom. The van der Waals surface area contributed by atoms with Gasteiger partial charge in [-0.3, -0.25) is 4.90 Å². The van der Waals surface area contributed by atoms with E-state index in [9.17, 15) is 0 Å². The molecule has 2 atom stereocenters. The standard InChI is InChI=1S/C14H21N5/c1-10-8-19(11(2)7-15-10)9-12-4-5-14-13(6-12)16-17-18(14)3/h4-6,10-11,15H,7-9H2,1-3H3.